The Morgan fingerprint density at radius 3 is 2.73 bits per heavy atom. The molecule has 0 fully saturated rings. The average molecular weight is 439 g/mol. The second kappa shape index (κ2) is 11.3. The molecule has 1 heterocycles. The fourth-order valence-electron chi connectivity index (χ4n) is 3.27. The SMILES string of the molecule is CCCCCCCC(C)OC(=O)NSN(C)C(=O)Oc1cccc2c1OC(C)(C)C2. The van der Waals surface area contributed by atoms with E-state index in [-0.39, 0.29) is 11.7 Å². The molecule has 2 amide bonds. The number of fused-ring (bicyclic) bond motifs is 1. The maximum atomic E-state index is 12.4. The number of ether oxygens (including phenoxy) is 3. The van der Waals surface area contributed by atoms with Crippen molar-refractivity contribution in [2.45, 2.75) is 84.3 Å². The van der Waals surface area contributed by atoms with Gasteiger partial charge in [0.05, 0.1) is 12.1 Å². The number of nitrogens with zero attached hydrogens (tertiary/aromatic N) is 1. The molecule has 1 aliphatic rings. The van der Waals surface area contributed by atoms with Gasteiger partial charge in [0.1, 0.15) is 11.7 Å². The van der Waals surface area contributed by atoms with Crippen LogP contribution in [0.4, 0.5) is 9.59 Å². The molecule has 0 bridgehead atoms. The number of benzene rings is 1. The van der Waals surface area contributed by atoms with Crippen LogP contribution in [0.3, 0.4) is 0 Å². The highest BCUT2D eigenvalue weighted by molar-refractivity contribution is 7.96. The van der Waals surface area contributed by atoms with Crippen LogP contribution in [0.15, 0.2) is 18.2 Å². The first-order chi connectivity index (χ1) is 14.2. The first kappa shape index (κ1) is 24.2. The second-order valence-electron chi connectivity index (χ2n) is 8.26. The summed E-state index contributed by atoms with van der Waals surface area (Å²) in [6.07, 6.45) is 6.06. The van der Waals surface area contributed by atoms with Crippen LogP contribution < -0.4 is 14.2 Å². The zero-order valence-electron chi connectivity index (χ0n) is 18.7. The van der Waals surface area contributed by atoms with E-state index < -0.39 is 12.2 Å². The van der Waals surface area contributed by atoms with Gasteiger partial charge >= 0.3 is 12.2 Å². The number of carbonyl (C=O) groups is 2. The van der Waals surface area contributed by atoms with Crippen LogP contribution in [0, 0.1) is 0 Å². The molecule has 1 aromatic carbocycles. The van der Waals surface area contributed by atoms with Crippen molar-refractivity contribution >= 4 is 24.3 Å². The van der Waals surface area contributed by atoms with E-state index in [9.17, 15) is 9.59 Å². The van der Waals surface area contributed by atoms with Gasteiger partial charge < -0.3 is 14.2 Å². The van der Waals surface area contributed by atoms with E-state index >= 15 is 0 Å². The van der Waals surface area contributed by atoms with Crippen LogP contribution in [-0.4, -0.2) is 35.2 Å². The molecule has 0 aromatic heterocycles. The van der Waals surface area contributed by atoms with Gasteiger partial charge in [-0.05, 0) is 39.7 Å². The summed E-state index contributed by atoms with van der Waals surface area (Å²) in [4.78, 5) is 24.3. The zero-order chi connectivity index (χ0) is 22.1. The van der Waals surface area contributed by atoms with Gasteiger partial charge in [-0.3, -0.25) is 0 Å². The van der Waals surface area contributed by atoms with Crippen molar-refractivity contribution in [2.24, 2.45) is 0 Å². The topological polar surface area (TPSA) is 77.1 Å². The molecule has 1 aromatic rings. The number of hydrogen-bond acceptors (Lipinski definition) is 6. The zero-order valence-corrected chi connectivity index (χ0v) is 19.5. The van der Waals surface area contributed by atoms with E-state index in [0.717, 1.165) is 43.4 Å². The Kier molecular flexibility index (Phi) is 9.14. The Balaban J connectivity index is 1.73. The summed E-state index contributed by atoms with van der Waals surface area (Å²) in [6, 6.07) is 5.49. The van der Waals surface area contributed by atoms with Gasteiger partial charge in [0.25, 0.3) is 0 Å². The molecule has 1 N–H and O–H groups in total. The van der Waals surface area contributed by atoms with Gasteiger partial charge in [0.15, 0.2) is 11.5 Å². The largest absolute Gasteiger partial charge is 0.483 e. The lowest BCUT2D eigenvalue weighted by atomic mass is 10.0. The molecule has 2 rings (SSSR count). The predicted molar refractivity (Wildman–Crippen MR) is 119 cm³/mol. The van der Waals surface area contributed by atoms with Gasteiger partial charge in [-0.1, -0.05) is 44.7 Å². The third-order valence-corrected chi connectivity index (χ3v) is 5.48. The Morgan fingerprint density at radius 1 is 1.27 bits per heavy atom. The summed E-state index contributed by atoms with van der Waals surface area (Å²) in [7, 11) is 1.51. The van der Waals surface area contributed by atoms with E-state index in [2.05, 4.69) is 11.6 Å². The number of hydrogen-bond donors (Lipinski definition) is 1. The average Bonchev–Trinajstić information content (AvgIpc) is 3.00. The minimum atomic E-state index is -0.619. The lowest BCUT2D eigenvalue weighted by Crippen LogP contribution is -2.31. The van der Waals surface area contributed by atoms with E-state index in [1.165, 1.54) is 30.6 Å². The molecule has 168 valence electrons. The first-order valence-corrected chi connectivity index (χ1v) is 11.4. The summed E-state index contributed by atoms with van der Waals surface area (Å²) >= 11 is 0.815. The number of para-hydroxylation sites is 1. The summed E-state index contributed by atoms with van der Waals surface area (Å²) < 4.78 is 20.4. The second-order valence-corrected chi connectivity index (χ2v) is 9.19. The maximum Gasteiger partial charge on any atom is 0.426 e. The van der Waals surface area contributed by atoms with Gasteiger partial charge in [-0.15, -0.1) is 0 Å². The van der Waals surface area contributed by atoms with Gasteiger partial charge in [0, 0.05) is 19.0 Å². The molecular weight excluding hydrogens is 404 g/mol. The van der Waals surface area contributed by atoms with Crippen molar-refractivity contribution in [1.29, 1.82) is 0 Å². The van der Waals surface area contributed by atoms with E-state index in [1.54, 1.807) is 6.07 Å². The number of amides is 2. The van der Waals surface area contributed by atoms with E-state index in [0.29, 0.717) is 11.5 Å². The molecule has 30 heavy (non-hydrogen) atoms. The molecule has 0 aliphatic carbocycles. The Labute approximate surface area is 184 Å². The molecule has 0 saturated carbocycles. The minimum absolute atomic E-state index is 0.170. The van der Waals surface area contributed by atoms with Gasteiger partial charge in [-0.25, -0.2) is 18.6 Å². The van der Waals surface area contributed by atoms with Crippen molar-refractivity contribution in [1.82, 2.24) is 9.03 Å². The number of rotatable bonds is 10. The van der Waals surface area contributed by atoms with E-state index in [4.69, 9.17) is 14.2 Å². The molecule has 1 aliphatic heterocycles. The highest BCUT2D eigenvalue weighted by atomic mass is 32.2. The van der Waals surface area contributed by atoms with Crippen molar-refractivity contribution in [3.8, 4) is 11.5 Å². The molecule has 1 atom stereocenters. The molecule has 1 unspecified atom stereocenters. The molecule has 8 heteroatoms. The normalized spacial score (nSPS) is 15.0. The van der Waals surface area contributed by atoms with Crippen molar-refractivity contribution in [3.63, 3.8) is 0 Å². The molecular formula is C22H34N2O5S. The molecule has 0 saturated heterocycles. The van der Waals surface area contributed by atoms with Crippen molar-refractivity contribution in [3.05, 3.63) is 23.8 Å². The number of unbranched alkanes of at least 4 members (excludes halogenated alkanes) is 4. The fraction of sp³-hybridized carbons (Fsp3) is 0.636. The minimum Gasteiger partial charge on any atom is -0.483 e. The highest BCUT2D eigenvalue weighted by Gasteiger charge is 2.33. The number of carbonyl (C=O) groups excluding carboxylic acids is 2. The standard InChI is InChI=1S/C22H34N2O5S/c1-6-7-8-9-10-12-16(2)27-20(25)23-30-24(5)21(26)28-18-14-11-13-17-15-22(3,4)29-19(17)18/h11,13-14,16H,6-10,12,15H2,1-5H3,(H,23,25). The lowest BCUT2D eigenvalue weighted by Gasteiger charge is -2.19. The molecule has 0 spiro atoms. The molecule has 0 radical (unpaired) electrons. The quantitative estimate of drug-likeness (QED) is 0.364. The van der Waals surface area contributed by atoms with Gasteiger partial charge in [0.2, 0.25) is 0 Å². The third-order valence-electron chi connectivity index (χ3n) is 4.80. The van der Waals surface area contributed by atoms with Crippen LogP contribution in [0.25, 0.3) is 0 Å². The summed E-state index contributed by atoms with van der Waals surface area (Å²) in [5.74, 6) is 0.962. The number of nitrogens with one attached hydrogen (secondary N) is 1. The Hall–Kier alpha value is -2.09. The summed E-state index contributed by atoms with van der Waals surface area (Å²) in [5.41, 5.74) is 0.676. The smallest absolute Gasteiger partial charge is 0.426 e. The summed E-state index contributed by atoms with van der Waals surface area (Å²) in [5, 5.41) is 0. The van der Waals surface area contributed by atoms with Crippen molar-refractivity contribution < 1.29 is 23.8 Å². The van der Waals surface area contributed by atoms with Crippen LogP contribution >= 0.6 is 12.1 Å². The van der Waals surface area contributed by atoms with Crippen LogP contribution in [-0.2, 0) is 11.2 Å². The maximum absolute atomic E-state index is 12.4. The van der Waals surface area contributed by atoms with Gasteiger partial charge in [-0.2, -0.15) is 0 Å². The molecule has 7 nitrogen and oxygen atoms in total. The Morgan fingerprint density at radius 2 is 2.00 bits per heavy atom. The first-order valence-electron chi connectivity index (χ1n) is 10.6. The third kappa shape index (κ3) is 7.63. The highest BCUT2D eigenvalue weighted by Crippen LogP contribution is 2.41. The van der Waals surface area contributed by atoms with E-state index in [1.807, 2.05) is 32.9 Å². The fourth-order valence-corrected chi connectivity index (χ4v) is 3.64. The lowest BCUT2D eigenvalue weighted by molar-refractivity contribution is 0.106. The van der Waals surface area contributed by atoms with Crippen LogP contribution in [0.2, 0.25) is 0 Å². The predicted octanol–water partition coefficient (Wildman–Crippen LogP) is 5.87. The Bertz CT molecular complexity index is 725. The summed E-state index contributed by atoms with van der Waals surface area (Å²) in [6.45, 7) is 8.03. The monoisotopic (exact) mass is 438 g/mol. The van der Waals surface area contributed by atoms with Crippen molar-refractivity contribution in [2.75, 3.05) is 7.05 Å². The van der Waals surface area contributed by atoms with Crippen LogP contribution in [0.5, 0.6) is 11.5 Å². The van der Waals surface area contributed by atoms with Crippen LogP contribution in [0.1, 0.15) is 71.8 Å².